The lowest BCUT2D eigenvalue weighted by molar-refractivity contribution is 0.0922. The lowest BCUT2D eigenvalue weighted by Gasteiger charge is -2.42. The quantitative estimate of drug-likeness (QED) is 0.651. The van der Waals surface area contributed by atoms with Crippen LogP contribution in [0.5, 0.6) is 0 Å². The highest BCUT2D eigenvalue weighted by Gasteiger charge is 2.36. The average Bonchev–Trinajstić information content (AvgIpc) is 2.84. The molecule has 2 aromatic carbocycles. The van der Waals surface area contributed by atoms with Gasteiger partial charge >= 0.3 is 0 Å². The number of carbonyl (C=O) groups is 1. The monoisotopic (exact) mass is 399 g/mol. The van der Waals surface area contributed by atoms with Crippen molar-refractivity contribution in [3.8, 4) is 0 Å². The van der Waals surface area contributed by atoms with E-state index in [2.05, 4.69) is 75.9 Å². The van der Waals surface area contributed by atoms with Gasteiger partial charge in [0, 0.05) is 36.5 Å². The van der Waals surface area contributed by atoms with Gasteiger partial charge in [-0.2, -0.15) is 0 Å². The maximum absolute atomic E-state index is 12.6. The molecular weight excluding hydrogens is 370 g/mol. The zero-order chi connectivity index (χ0) is 20.7. The molecule has 1 aliphatic rings. The van der Waals surface area contributed by atoms with E-state index in [4.69, 9.17) is 0 Å². The summed E-state index contributed by atoms with van der Waals surface area (Å²) < 4.78 is 0. The number of hydrogen-bond acceptors (Lipinski definition) is 3. The van der Waals surface area contributed by atoms with Crippen molar-refractivity contribution in [1.29, 1.82) is 0 Å². The Morgan fingerprint density at radius 3 is 2.20 bits per heavy atom. The Bertz CT molecular complexity index is 920. The molecule has 0 atom stereocenters. The van der Waals surface area contributed by atoms with Crippen LogP contribution in [0.1, 0.15) is 34.3 Å². The zero-order valence-electron chi connectivity index (χ0n) is 17.3. The Kier molecular flexibility index (Phi) is 6.55. The van der Waals surface area contributed by atoms with E-state index in [1.807, 2.05) is 0 Å². The van der Waals surface area contributed by atoms with Crippen molar-refractivity contribution in [3.05, 3.63) is 102 Å². The number of rotatable bonds is 7. The van der Waals surface area contributed by atoms with Crippen molar-refractivity contribution >= 4 is 5.91 Å². The van der Waals surface area contributed by atoms with Crippen molar-refractivity contribution in [2.75, 3.05) is 26.2 Å². The fraction of sp³-hybridized carbons (Fsp3) is 0.308. The highest BCUT2D eigenvalue weighted by Crippen LogP contribution is 2.35. The SMILES string of the molecule is O=C(NCC1(c2ccccc2)CCN(CCc2ccccc2)CC1)c1ccncc1. The molecule has 3 aromatic rings. The van der Waals surface area contributed by atoms with Crippen LogP contribution in [0.25, 0.3) is 0 Å². The third-order valence-corrected chi connectivity index (χ3v) is 6.29. The Balaban J connectivity index is 1.41. The van der Waals surface area contributed by atoms with E-state index < -0.39 is 0 Å². The van der Waals surface area contributed by atoms with E-state index in [9.17, 15) is 4.79 Å². The number of amides is 1. The van der Waals surface area contributed by atoms with Crippen molar-refractivity contribution in [2.24, 2.45) is 0 Å². The number of likely N-dealkylation sites (tertiary alicyclic amines) is 1. The summed E-state index contributed by atoms with van der Waals surface area (Å²) in [6.45, 7) is 3.84. The summed E-state index contributed by atoms with van der Waals surface area (Å²) in [6, 6.07) is 24.9. The predicted octanol–water partition coefficient (Wildman–Crippen LogP) is 4.09. The Labute approximate surface area is 179 Å². The molecule has 4 nitrogen and oxygen atoms in total. The van der Waals surface area contributed by atoms with Crippen molar-refractivity contribution in [3.63, 3.8) is 0 Å². The number of pyridine rings is 1. The number of hydrogen-bond donors (Lipinski definition) is 1. The molecule has 1 fully saturated rings. The number of benzene rings is 2. The molecule has 2 heterocycles. The molecule has 1 N–H and O–H groups in total. The molecule has 0 unspecified atom stereocenters. The molecule has 1 aromatic heterocycles. The molecule has 0 bridgehead atoms. The van der Waals surface area contributed by atoms with Gasteiger partial charge in [0.05, 0.1) is 0 Å². The zero-order valence-corrected chi connectivity index (χ0v) is 17.3. The summed E-state index contributed by atoms with van der Waals surface area (Å²) in [5.41, 5.74) is 3.35. The third kappa shape index (κ3) is 4.95. The van der Waals surface area contributed by atoms with Gasteiger partial charge in [0.2, 0.25) is 0 Å². The van der Waals surface area contributed by atoms with E-state index in [1.165, 1.54) is 11.1 Å². The van der Waals surface area contributed by atoms with Gasteiger partial charge in [0.15, 0.2) is 0 Å². The highest BCUT2D eigenvalue weighted by molar-refractivity contribution is 5.94. The normalized spacial score (nSPS) is 16.1. The molecule has 1 aliphatic heterocycles. The van der Waals surface area contributed by atoms with E-state index in [0.717, 1.165) is 38.9 Å². The summed E-state index contributed by atoms with van der Waals surface area (Å²) in [5, 5.41) is 3.20. The topological polar surface area (TPSA) is 45.2 Å². The molecule has 1 amide bonds. The molecule has 0 saturated carbocycles. The first kappa shape index (κ1) is 20.3. The van der Waals surface area contributed by atoms with Crippen molar-refractivity contribution in [1.82, 2.24) is 15.2 Å². The lowest BCUT2D eigenvalue weighted by Crippen LogP contribution is -2.49. The van der Waals surface area contributed by atoms with Crippen LogP contribution in [0.4, 0.5) is 0 Å². The van der Waals surface area contributed by atoms with Gasteiger partial charge in [-0.05, 0) is 55.6 Å². The van der Waals surface area contributed by atoms with Crippen LogP contribution in [0.2, 0.25) is 0 Å². The van der Waals surface area contributed by atoms with Crippen molar-refractivity contribution < 1.29 is 4.79 Å². The molecule has 30 heavy (non-hydrogen) atoms. The summed E-state index contributed by atoms with van der Waals surface area (Å²) in [4.78, 5) is 19.2. The van der Waals surface area contributed by atoms with Gasteiger partial charge in [-0.3, -0.25) is 9.78 Å². The fourth-order valence-electron chi connectivity index (χ4n) is 4.35. The van der Waals surface area contributed by atoms with E-state index >= 15 is 0 Å². The summed E-state index contributed by atoms with van der Waals surface area (Å²) in [6.07, 6.45) is 6.49. The molecule has 0 aliphatic carbocycles. The first-order valence-corrected chi connectivity index (χ1v) is 10.8. The fourth-order valence-corrected chi connectivity index (χ4v) is 4.35. The number of aromatic nitrogens is 1. The summed E-state index contributed by atoms with van der Waals surface area (Å²) >= 11 is 0. The maximum Gasteiger partial charge on any atom is 0.251 e. The summed E-state index contributed by atoms with van der Waals surface area (Å²) in [5.74, 6) is -0.0285. The first-order chi connectivity index (χ1) is 14.8. The first-order valence-electron chi connectivity index (χ1n) is 10.8. The number of nitrogens with zero attached hydrogens (tertiary/aromatic N) is 2. The van der Waals surface area contributed by atoms with E-state index in [-0.39, 0.29) is 11.3 Å². The minimum absolute atomic E-state index is 0.0206. The van der Waals surface area contributed by atoms with Gasteiger partial charge in [0.1, 0.15) is 0 Å². The number of piperidine rings is 1. The second kappa shape index (κ2) is 9.68. The van der Waals surface area contributed by atoms with Crippen LogP contribution >= 0.6 is 0 Å². The average molecular weight is 400 g/mol. The number of carbonyl (C=O) groups excluding carboxylic acids is 1. The second-order valence-corrected chi connectivity index (χ2v) is 8.14. The van der Waals surface area contributed by atoms with Crippen molar-refractivity contribution in [2.45, 2.75) is 24.7 Å². The largest absolute Gasteiger partial charge is 0.351 e. The van der Waals surface area contributed by atoms with Gasteiger partial charge in [-0.1, -0.05) is 60.7 Å². The van der Waals surface area contributed by atoms with Crippen LogP contribution in [0.3, 0.4) is 0 Å². The molecule has 4 heteroatoms. The molecule has 4 rings (SSSR count). The Morgan fingerprint density at radius 2 is 1.53 bits per heavy atom. The van der Waals surface area contributed by atoms with Gasteiger partial charge in [0.25, 0.3) is 5.91 Å². The molecular formula is C26H29N3O. The molecule has 1 saturated heterocycles. The third-order valence-electron chi connectivity index (χ3n) is 6.29. The number of nitrogens with one attached hydrogen (secondary N) is 1. The molecule has 0 radical (unpaired) electrons. The minimum atomic E-state index is -0.0285. The van der Waals surface area contributed by atoms with Gasteiger partial charge < -0.3 is 10.2 Å². The highest BCUT2D eigenvalue weighted by atomic mass is 16.1. The standard InChI is InChI=1S/C26H29N3O/c30-25(23-11-16-27-17-12-23)28-21-26(24-9-5-2-6-10-24)14-19-29(20-15-26)18-13-22-7-3-1-4-8-22/h1-12,16-17H,13-15,18-21H2,(H,28,30). The van der Waals surface area contributed by atoms with Crippen LogP contribution < -0.4 is 5.32 Å². The van der Waals surface area contributed by atoms with Gasteiger partial charge in [-0.25, -0.2) is 0 Å². The predicted molar refractivity (Wildman–Crippen MR) is 121 cm³/mol. The molecule has 0 spiro atoms. The molecule has 154 valence electrons. The minimum Gasteiger partial charge on any atom is -0.351 e. The summed E-state index contributed by atoms with van der Waals surface area (Å²) in [7, 11) is 0. The van der Waals surface area contributed by atoms with E-state index in [1.54, 1.807) is 24.5 Å². The van der Waals surface area contributed by atoms with Crippen LogP contribution in [0.15, 0.2) is 85.2 Å². The Hall–Kier alpha value is -2.98. The maximum atomic E-state index is 12.6. The Morgan fingerprint density at radius 1 is 0.900 bits per heavy atom. The van der Waals surface area contributed by atoms with Crippen LogP contribution in [-0.2, 0) is 11.8 Å². The van der Waals surface area contributed by atoms with Crippen LogP contribution in [-0.4, -0.2) is 42.0 Å². The van der Waals surface area contributed by atoms with Gasteiger partial charge in [-0.15, -0.1) is 0 Å². The van der Waals surface area contributed by atoms with E-state index in [0.29, 0.717) is 12.1 Å². The van der Waals surface area contributed by atoms with Crippen LogP contribution in [0, 0.1) is 0 Å². The smallest absolute Gasteiger partial charge is 0.251 e. The second-order valence-electron chi connectivity index (χ2n) is 8.14. The lowest BCUT2D eigenvalue weighted by atomic mass is 9.72.